The van der Waals surface area contributed by atoms with Crippen molar-refractivity contribution in [2.75, 3.05) is 17.2 Å². The highest BCUT2D eigenvalue weighted by Crippen LogP contribution is 2.33. The summed E-state index contributed by atoms with van der Waals surface area (Å²) in [5.41, 5.74) is 6.48. The Morgan fingerprint density at radius 3 is 2.72 bits per heavy atom. The molecule has 1 aliphatic rings. The summed E-state index contributed by atoms with van der Waals surface area (Å²) in [6.45, 7) is 0. The molecule has 0 atom stereocenters. The lowest BCUT2D eigenvalue weighted by Gasteiger charge is -2.24. The van der Waals surface area contributed by atoms with Gasteiger partial charge in [0, 0.05) is 6.04 Å². The molecule has 3 rings (SSSR count). The molecule has 2 N–H and O–H groups in total. The Kier molecular flexibility index (Phi) is 2.89. The summed E-state index contributed by atoms with van der Waals surface area (Å²) in [6.07, 6.45) is 1.83. The van der Waals surface area contributed by atoms with Gasteiger partial charge < -0.3 is 10.3 Å². The molecule has 18 heavy (non-hydrogen) atoms. The Hall–Kier alpha value is -1.30. The molecule has 96 valence electrons. The van der Waals surface area contributed by atoms with Crippen molar-refractivity contribution < 1.29 is 8.78 Å². The SMILES string of the molecule is Nc1nc2ccc(F)c(F)c2n1C1CCSCC1. The van der Waals surface area contributed by atoms with Crippen LogP contribution in [0.1, 0.15) is 18.9 Å². The van der Waals surface area contributed by atoms with E-state index in [1.807, 2.05) is 11.8 Å². The van der Waals surface area contributed by atoms with Crippen LogP contribution in [0.25, 0.3) is 11.0 Å². The third-order valence-corrected chi connectivity index (χ3v) is 4.38. The average molecular weight is 269 g/mol. The number of fused-ring (bicyclic) bond motifs is 1. The van der Waals surface area contributed by atoms with Gasteiger partial charge in [0.2, 0.25) is 5.95 Å². The zero-order valence-electron chi connectivity index (χ0n) is 9.70. The van der Waals surface area contributed by atoms with Crippen LogP contribution in [0, 0.1) is 11.6 Å². The van der Waals surface area contributed by atoms with Crippen LogP contribution in [0.15, 0.2) is 12.1 Å². The molecule has 1 saturated heterocycles. The van der Waals surface area contributed by atoms with Crippen molar-refractivity contribution in [1.29, 1.82) is 0 Å². The summed E-state index contributed by atoms with van der Waals surface area (Å²) in [5.74, 6) is 0.594. The minimum absolute atomic E-state index is 0.118. The van der Waals surface area contributed by atoms with E-state index in [2.05, 4.69) is 4.98 Å². The molecule has 0 radical (unpaired) electrons. The third kappa shape index (κ3) is 1.75. The van der Waals surface area contributed by atoms with Gasteiger partial charge in [0.15, 0.2) is 11.6 Å². The second-order valence-corrected chi connectivity index (χ2v) is 5.64. The van der Waals surface area contributed by atoms with Gasteiger partial charge in [0.1, 0.15) is 5.52 Å². The number of imidazole rings is 1. The smallest absolute Gasteiger partial charge is 0.201 e. The number of thioether (sulfide) groups is 1. The van der Waals surface area contributed by atoms with E-state index in [0.717, 1.165) is 30.4 Å². The van der Waals surface area contributed by atoms with Crippen molar-refractivity contribution in [2.24, 2.45) is 0 Å². The van der Waals surface area contributed by atoms with Crippen molar-refractivity contribution >= 4 is 28.7 Å². The fourth-order valence-electron chi connectivity index (χ4n) is 2.45. The second kappa shape index (κ2) is 4.42. The molecule has 6 heteroatoms. The second-order valence-electron chi connectivity index (χ2n) is 4.41. The number of anilines is 1. The van der Waals surface area contributed by atoms with E-state index in [1.54, 1.807) is 4.57 Å². The summed E-state index contributed by atoms with van der Waals surface area (Å²) < 4.78 is 28.9. The quantitative estimate of drug-likeness (QED) is 0.865. The number of hydrogen-bond donors (Lipinski definition) is 1. The first-order valence-corrected chi connectivity index (χ1v) is 7.03. The van der Waals surface area contributed by atoms with Crippen LogP contribution in [-0.4, -0.2) is 21.1 Å². The molecule has 1 aromatic carbocycles. The topological polar surface area (TPSA) is 43.8 Å². The van der Waals surface area contributed by atoms with Crippen molar-refractivity contribution in [3.63, 3.8) is 0 Å². The molecule has 0 unspecified atom stereocenters. The van der Waals surface area contributed by atoms with Gasteiger partial charge in [-0.05, 0) is 36.5 Å². The van der Waals surface area contributed by atoms with E-state index < -0.39 is 11.6 Å². The summed E-state index contributed by atoms with van der Waals surface area (Å²) in [4.78, 5) is 4.12. The standard InChI is InChI=1S/C12H13F2N3S/c13-8-1-2-9-11(10(8)14)17(12(15)16-9)7-3-5-18-6-4-7/h1-2,7H,3-6H2,(H2,15,16). The summed E-state index contributed by atoms with van der Waals surface area (Å²) >= 11 is 1.87. The maximum atomic E-state index is 13.9. The van der Waals surface area contributed by atoms with Crippen LogP contribution in [0.2, 0.25) is 0 Å². The highest BCUT2D eigenvalue weighted by molar-refractivity contribution is 7.99. The lowest BCUT2D eigenvalue weighted by molar-refractivity contribution is 0.469. The fraction of sp³-hybridized carbons (Fsp3) is 0.417. The van der Waals surface area contributed by atoms with Crippen molar-refractivity contribution in [3.8, 4) is 0 Å². The minimum Gasteiger partial charge on any atom is -0.369 e. The minimum atomic E-state index is -0.853. The molecule has 0 bridgehead atoms. The molecule has 1 fully saturated rings. The number of aromatic nitrogens is 2. The van der Waals surface area contributed by atoms with Gasteiger partial charge in [-0.2, -0.15) is 11.8 Å². The van der Waals surface area contributed by atoms with E-state index in [-0.39, 0.29) is 17.5 Å². The maximum Gasteiger partial charge on any atom is 0.201 e. The monoisotopic (exact) mass is 269 g/mol. The van der Waals surface area contributed by atoms with Crippen molar-refractivity contribution in [1.82, 2.24) is 9.55 Å². The summed E-state index contributed by atoms with van der Waals surface area (Å²) in [6, 6.07) is 2.68. The first-order valence-electron chi connectivity index (χ1n) is 5.87. The number of rotatable bonds is 1. The number of nitrogen functional groups attached to an aromatic ring is 1. The van der Waals surface area contributed by atoms with Crippen molar-refractivity contribution in [3.05, 3.63) is 23.8 Å². The zero-order chi connectivity index (χ0) is 12.7. The Labute approximate surface area is 107 Å². The highest BCUT2D eigenvalue weighted by atomic mass is 32.2. The number of nitrogens with zero attached hydrogens (tertiary/aromatic N) is 2. The largest absolute Gasteiger partial charge is 0.369 e. The van der Waals surface area contributed by atoms with Gasteiger partial charge >= 0.3 is 0 Å². The summed E-state index contributed by atoms with van der Waals surface area (Å²) in [5, 5.41) is 0. The predicted octanol–water partition coefficient (Wildman–Crippen LogP) is 2.96. The molecule has 0 saturated carbocycles. The zero-order valence-corrected chi connectivity index (χ0v) is 10.5. The Balaban J connectivity index is 2.20. The first kappa shape index (κ1) is 11.8. The molecular formula is C12H13F2N3S. The molecule has 1 aromatic heterocycles. The molecule has 0 aliphatic carbocycles. The maximum absolute atomic E-state index is 13.9. The molecule has 1 aliphatic heterocycles. The van der Waals surface area contributed by atoms with Crippen LogP contribution >= 0.6 is 11.8 Å². The molecule has 0 amide bonds. The highest BCUT2D eigenvalue weighted by Gasteiger charge is 2.23. The first-order chi connectivity index (χ1) is 8.68. The Morgan fingerprint density at radius 1 is 1.28 bits per heavy atom. The third-order valence-electron chi connectivity index (χ3n) is 3.33. The Morgan fingerprint density at radius 2 is 2.00 bits per heavy atom. The number of nitrogens with two attached hydrogens (primary N) is 1. The average Bonchev–Trinajstić information content (AvgIpc) is 2.72. The van der Waals surface area contributed by atoms with Crippen LogP contribution in [0.5, 0.6) is 0 Å². The van der Waals surface area contributed by atoms with E-state index in [4.69, 9.17) is 5.73 Å². The predicted molar refractivity (Wildman–Crippen MR) is 69.7 cm³/mol. The number of benzene rings is 1. The van der Waals surface area contributed by atoms with Gasteiger partial charge in [-0.3, -0.25) is 0 Å². The van der Waals surface area contributed by atoms with Gasteiger partial charge in [-0.25, -0.2) is 13.8 Å². The van der Waals surface area contributed by atoms with E-state index in [1.165, 1.54) is 6.07 Å². The van der Waals surface area contributed by atoms with Crippen molar-refractivity contribution in [2.45, 2.75) is 18.9 Å². The molecule has 3 nitrogen and oxygen atoms in total. The van der Waals surface area contributed by atoms with Crippen LogP contribution in [0.3, 0.4) is 0 Å². The molecular weight excluding hydrogens is 256 g/mol. The molecule has 0 spiro atoms. The van der Waals surface area contributed by atoms with E-state index >= 15 is 0 Å². The van der Waals surface area contributed by atoms with Gasteiger partial charge in [-0.15, -0.1) is 0 Å². The number of hydrogen-bond acceptors (Lipinski definition) is 3. The van der Waals surface area contributed by atoms with E-state index in [9.17, 15) is 8.78 Å². The van der Waals surface area contributed by atoms with Crippen LogP contribution < -0.4 is 5.73 Å². The fourth-order valence-corrected chi connectivity index (χ4v) is 3.54. The van der Waals surface area contributed by atoms with E-state index in [0.29, 0.717) is 5.52 Å². The molecule has 2 heterocycles. The number of halogens is 2. The van der Waals surface area contributed by atoms with Gasteiger partial charge in [0.05, 0.1) is 5.52 Å². The van der Waals surface area contributed by atoms with Crippen LogP contribution in [-0.2, 0) is 0 Å². The van der Waals surface area contributed by atoms with Crippen LogP contribution in [0.4, 0.5) is 14.7 Å². The summed E-state index contributed by atoms with van der Waals surface area (Å²) in [7, 11) is 0. The van der Waals surface area contributed by atoms with Gasteiger partial charge in [-0.1, -0.05) is 0 Å². The Bertz CT molecular complexity index is 591. The lowest BCUT2D eigenvalue weighted by Crippen LogP contribution is -2.17. The lowest BCUT2D eigenvalue weighted by atomic mass is 10.1. The van der Waals surface area contributed by atoms with Gasteiger partial charge in [0.25, 0.3) is 0 Å². The normalized spacial score (nSPS) is 17.4. The molecule has 2 aromatic rings.